The van der Waals surface area contributed by atoms with Gasteiger partial charge in [-0.25, -0.2) is 0 Å². The lowest BCUT2D eigenvalue weighted by molar-refractivity contribution is -0.112. The summed E-state index contributed by atoms with van der Waals surface area (Å²) in [5.41, 5.74) is 2.33. The summed E-state index contributed by atoms with van der Waals surface area (Å²) in [6.45, 7) is 6.39. The maximum absolute atomic E-state index is 12.4. The number of hydrogen-bond donors (Lipinski definition) is 2. The zero-order valence-electron chi connectivity index (χ0n) is 15.8. The van der Waals surface area contributed by atoms with E-state index in [-0.39, 0.29) is 11.6 Å². The molecule has 5 nitrogen and oxygen atoms in total. The molecule has 0 aliphatic rings. The molecule has 0 radical (unpaired) electrons. The molecule has 0 spiro atoms. The number of halogens is 2. The van der Waals surface area contributed by atoms with E-state index in [2.05, 4.69) is 10.6 Å². The molecule has 2 N–H and O–H groups in total. The quantitative estimate of drug-likeness (QED) is 0.467. The van der Waals surface area contributed by atoms with E-state index in [9.17, 15) is 10.1 Å². The summed E-state index contributed by atoms with van der Waals surface area (Å²) in [6.07, 6.45) is 1.39. The van der Waals surface area contributed by atoms with Gasteiger partial charge in [0.1, 0.15) is 17.4 Å². The number of rotatable bonds is 7. The highest BCUT2D eigenvalue weighted by atomic mass is 35.5. The lowest BCUT2D eigenvalue weighted by Gasteiger charge is -2.18. The topological polar surface area (TPSA) is 74.1 Å². The molecule has 1 unspecified atom stereocenters. The largest absolute Gasteiger partial charge is 0.494 e. The van der Waals surface area contributed by atoms with Gasteiger partial charge in [-0.2, -0.15) is 5.26 Å². The molecule has 7 heteroatoms. The van der Waals surface area contributed by atoms with Gasteiger partial charge in [-0.15, -0.1) is 0 Å². The van der Waals surface area contributed by atoms with Crippen molar-refractivity contribution in [3.8, 4) is 11.8 Å². The monoisotopic (exact) mass is 417 g/mol. The molecule has 2 aromatic carbocycles. The molecule has 0 fully saturated rings. The van der Waals surface area contributed by atoms with E-state index in [4.69, 9.17) is 27.9 Å². The Labute approximate surface area is 174 Å². The zero-order valence-corrected chi connectivity index (χ0v) is 17.4. The first-order chi connectivity index (χ1) is 13.3. The summed E-state index contributed by atoms with van der Waals surface area (Å²) in [4.78, 5) is 12.4. The number of aryl methyl sites for hydroxylation is 1. The van der Waals surface area contributed by atoms with Crippen molar-refractivity contribution in [1.29, 1.82) is 5.26 Å². The van der Waals surface area contributed by atoms with Crippen LogP contribution in [-0.2, 0) is 4.79 Å². The highest BCUT2D eigenvalue weighted by Crippen LogP contribution is 2.27. The fourth-order valence-electron chi connectivity index (χ4n) is 2.52. The normalized spacial score (nSPS) is 12.1. The minimum absolute atomic E-state index is 0.0801. The fraction of sp³-hybridized carbons (Fsp3) is 0.238. The molecule has 0 saturated heterocycles. The minimum atomic E-state index is -0.569. The summed E-state index contributed by atoms with van der Waals surface area (Å²) in [6, 6.07) is 12.3. The Morgan fingerprint density at radius 2 is 2.04 bits per heavy atom. The Morgan fingerprint density at radius 3 is 2.68 bits per heavy atom. The van der Waals surface area contributed by atoms with Crippen molar-refractivity contribution in [2.75, 3.05) is 11.9 Å². The molecule has 146 valence electrons. The van der Waals surface area contributed by atoms with E-state index in [0.717, 1.165) is 16.9 Å². The Balaban J connectivity index is 2.15. The van der Waals surface area contributed by atoms with E-state index in [1.165, 1.54) is 12.3 Å². The third-order valence-corrected chi connectivity index (χ3v) is 4.50. The van der Waals surface area contributed by atoms with Crippen molar-refractivity contribution in [1.82, 2.24) is 5.32 Å². The van der Waals surface area contributed by atoms with Crippen LogP contribution in [0.3, 0.4) is 0 Å². The van der Waals surface area contributed by atoms with Gasteiger partial charge in [0.25, 0.3) is 5.91 Å². The molecule has 2 rings (SSSR count). The van der Waals surface area contributed by atoms with Crippen LogP contribution in [0, 0.1) is 18.3 Å². The minimum Gasteiger partial charge on any atom is -0.494 e. The van der Waals surface area contributed by atoms with E-state index in [0.29, 0.717) is 22.3 Å². The molecule has 2 aromatic rings. The predicted octanol–water partition coefficient (Wildman–Crippen LogP) is 5.40. The van der Waals surface area contributed by atoms with Crippen LogP contribution < -0.4 is 15.4 Å². The van der Waals surface area contributed by atoms with Gasteiger partial charge < -0.3 is 15.4 Å². The Bertz CT molecular complexity index is 936. The number of anilines is 1. The number of amides is 1. The Kier molecular flexibility index (Phi) is 7.74. The van der Waals surface area contributed by atoms with Crippen molar-refractivity contribution < 1.29 is 9.53 Å². The van der Waals surface area contributed by atoms with Crippen LogP contribution in [-0.4, -0.2) is 12.5 Å². The molecule has 0 bridgehead atoms. The summed E-state index contributed by atoms with van der Waals surface area (Å²) in [5, 5.41) is 15.8. The van der Waals surface area contributed by atoms with Crippen molar-refractivity contribution in [2.24, 2.45) is 0 Å². The standard InChI is InChI=1S/C21H21Cl2N3O2/c1-4-28-20-8-5-13(2)9-17(20)14(3)25-12-15(11-24)21(27)26-19-7-6-16(22)10-18(19)23/h5-10,12,14,25H,4H2,1-3H3,(H,26,27)/b15-12-. The summed E-state index contributed by atoms with van der Waals surface area (Å²) < 4.78 is 5.67. The third kappa shape index (κ3) is 5.66. The summed E-state index contributed by atoms with van der Waals surface area (Å²) >= 11 is 11.9. The highest BCUT2D eigenvalue weighted by molar-refractivity contribution is 6.36. The second-order valence-corrected chi connectivity index (χ2v) is 6.95. The van der Waals surface area contributed by atoms with E-state index in [1.54, 1.807) is 12.1 Å². The Morgan fingerprint density at radius 1 is 1.29 bits per heavy atom. The van der Waals surface area contributed by atoms with Gasteiger partial charge in [-0.3, -0.25) is 4.79 Å². The number of hydrogen-bond acceptors (Lipinski definition) is 4. The molecule has 0 aliphatic carbocycles. The number of ether oxygens (including phenoxy) is 1. The summed E-state index contributed by atoms with van der Waals surface area (Å²) in [7, 11) is 0. The molecule has 28 heavy (non-hydrogen) atoms. The first-order valence-electron chi connectivity index (χ1n) is 8.71. The number of nitriles is 1. The van der Waals surface area contributed by atoms with Gasteiger partial charge >= 0.3 is 0 Å². The summed E-state index contributed by atoms with van der Waals surface area (Å²) in [5.74, 6) is 0.193. The van der Waals surface area contributed by atoms with Crippen LogP contribution in [0.25, 0.3) is 0 Å². The Hall–Kier alpha value is -2.68. The van der Waals surface area contributed by atoms with Crippen LogP contribution in [0.4, 0.5) is 5.69 Å². The number of benzene rings is 2. The maximum atomic E-state index is 12.4. The number of nitrogens with zero attached hydrogens (tertiary/aromatic N) is 1. The molecular weight excluding hydrogens is 397 g/mol. The van der Waals surface area contributed by atoms with Crippen LogP contribution in [0.2, 0.25) is 10.0 Å². The number of nitrogens with one attached hydrogen (secondary N) is 2. The molecule has 0 aliphatic heterocycles. The maximum Gasteiger partial charge on any atom is 0.267 e. The lowest BCUT2D eigenvalue weighted by atomic mass is 10.0. The SMILES string of the molecule is CCOc1ccc(C)cc1C(C)N/C=C(/C#N)C(=O)Nc1ccc(Cl)cc1Cl. The van der Waals surface area contributed by atoms with Crippen molar-refractivity contribution >= 4 is 34.8 Å². The van der Waals surface area contributed by atoms with Crippen LogP contribution >= 0.6 is 23.2 Å². The lowest BCUT2D eigenvalue weighted by Crippen LogP contribution is -2.19. The zero-order chi connectivity index (χ0) is 20.7. The molecular formula is C21H21Cl2N3O2. The van der Waals surface area contributed by atoms with Gasteiger partial charge in [-0.1, -0.05) is 40.9 Å². The predicted molar refractivity (Wildman–Crippen MR) is 113 cm³/mol. The van der Waals surface area contributed by atoms with Crippen molar-refractivity contribution in [2.45, 2.75) is 26.8 Å². The van der Waals surface area contributed by atoms with Gasteiger partial charge in [0.05, 0.1) is 23.4 Å². The fourth-order valence-corrected chi connectivity index (χ4v) is 2.98. The first kappa shape index (κ1) is 21.6. The second kappa shape index (κ2) is 10.0. The molecule has 1 atom stereocenters. The molecule has 0 saturated carbocycles. The van der Waals surface area contributed by atoms with Gasteiger partial charge in [0, 0.05) is 16.8 Å². The van der Waals surface area contributed by atoms with Gasteiger partial charge in [-0.05, 0) is 45.0 Å². The molecule has 0 aromatic heterocycles. The number of carbonyl (C=O) groups excluding carboxylic acids is 1. The highest BCUT2D eigenvalue weighted by Gasteiger charge is 2.14. The van der Waals surface area contributed by atoms with Crippen LogP contribution in [0.1, 0.15) is 31.0 Å². The third-order valence-electron chi connectivity index (χ3n) is 3.95. The first-order valence-corrected chi connectivity index (χ1v) is 9.47. The van der Waals surface area contributed by atoms with Crippen molar-refractivity contribution in [3.63, 3.8) is 0 Å². The van der Waals surface area contributed by atoms with E-state index < -0.39 is 5.91 Å². The van der Waals surface area contributed by atoms with Crippen molar-refractivity contribution in [3.05, 3.63) is 69.3 Å². The van der Waals surface area contributed by atoms with Gasteiger partial charge in [0.2, 0.25) is 0 Å². The second-order valence-electron chi connectivity index (χ2n) is 6.11. The van der Waals surface area contributed by atoms with Crippen LogP contribution in [0.5, 0.6) is 5.75 Å². The van der Waals surface area contributed by atoms with E-state index >= 15 is 0 Å². The van der Waals surface area contributed by atoms with E-state index in [1.807, 2.05) is 45.0 Å². The average Bonchev–Trinajstić information content (AvgIpc) is 2.66. The molecule has 1 amide bonds. The van der Waals surface area contributed by atoms with Crippen LogP contribution in [0.15, 0.2) is 48.2 Å². The molecule has 0 heterocycles. The smallest absolute Gasteiger partial charge is 0.267 e. The number of carbonyl (C=O) groups is 1. The average molecular weight is 418 g/mol. The van der Waals surface area contributed by atoms with Gasteiger partial charge in [0.15, 0.2) is 0 Å².